The lowest BCUT2D eigenvalue weighted by Gasteiger charge is -2.01. The van der Waals surface area contributed by atoms with Crippen LogP contribution < -0.4 is 4.72 Å². The lowest BCUT2D eigenvalue weighted by molar-refractivity contribution is 0.109. The summed E-state index contributed by atoms with van der Waals surface area (Å²) in [4.78, 5) is 10.3. The molecule has 0 unspecified atom stereocenters. The maximum absolute atomic E-state index is 11.5. The fourth-order valence-corrected chi connectivity index (χ4v) is 2.07. The minimum Gasteiger partial charge on any atom is -0.440 e. The third-order valence-electron chi connectivity index (χ3n) is 1.44. The number of carbonyl (C=O) groups is 1. The molecule has 0 saturated heterocycles. The maximum Gasteiger partial charge on any atom is 0.274 e. The van der Waals surface area contributed by atoms with Crippen LogP contribution >= 0.6 is 15.9 Å². The van der Waals surface area contributed by atoms with Crippen LogP contribution in [0.5, 0.6) is 0 Å². The Kier molecular flexibility index (Phi) is 3.83. The summed E-state index contributed by atoms with van der Waals surface area (Å²) < 4.78 is 30.5. The largest absolute Gasteiger partial charge is 0.440 e. The Morgan fingerprint density at radius 1 is 1.60 bits per heavy atom. The lowest BCUT2D eigenvalue weighted by atomic mass is 10.5. The Balaban J connectivity index is 2.86. The molecule has 0 radical (unpaired) electrons. The molecule has 0 aliphatic heterocycles. The summed E-state index contributed by atoms with van der Waals surface area (Å²) in [7, 11) is -3.71. The van der Waals surface area contributed by atoms with Crippen molar-refractivity contribution in [1.29, 1.82) is 0 Å². The van der Waals surface area contributed by atoms with Gasteiger partial charge in [-0.3, -0.25) is 4.79 Å². The molecule has 0 bridgehead atoms. The summed E-state index contributed by atoms with van der Waals surface area (Å²) in [5.41, 5.74) is 0. The van der Waals surface area contributed by atoms with E-state index >= 15 is 0 Å². The number of carbonyl (C=O) groups excluding carboxylic acids is 1. The zero-order valence-corrected chi connectivity index (χ0v) is 9.97. The number of rotatable bonds is 5. The van der Waals surface area contributed by atoms with Crippen LogP contribution in [0.15, 0.2) is 32.7 Å². The second-order valence-electron chi connectivity index (χ2n) is 2.62. The number of aldehydes is 1. The fourth-order valence-electron chi connectivity index (χ4n) is 0.787. The summed E-state index contributed by atoms with van der Waals surface area (Å²) in [6.07, 6.45) is 0.433. The van der Waals surface area contributed by atoms with Gasteiger partial charge in [0.25, 0.3) is 10.0 Å². The Morgan fingerprint density at radius 3 is 2.73 bits per heavy atom. The highest BCUT2D eigenvalue weighted by Gasteiger charge is 2.18. The molecule has 1 heterocycles. The first-order chi connectivity index (χ1) is 6.95. The third kappa shape index (κ3) is 3.29. The van der Waals surface area contributed by atoms with Crippen LogP contribution in [0.25, 0.3) is 0 Å². The number of halogens is 1. The van der Waals surface area contributed by atoms with Crippen molar-refractivity contribution in [3.8, 4) is 0 Å². The summed E-state index contributed by atoms with van der Waals surface area (Å²) in [5.74, 6) is -0.0342. The Hall–Kier alpha value is -0.920. The Morgan fingerprint density at radius 2 is 2.27 bits per heavy atom. The molecule has 82 valence electrons. The lowest BCUT2D eigenvalue weighted by Crippen LogP contribution is -2.24. The topological polar surface area (TPSA) is 76.4 Å². The highest BCUT2D eigenvalue weighted by Crippen LogP contribution is 2.12. The van der Waals surface area contributed by atoms with E-state index in [-0.39, 0.29) is 17.4 Å². The van der Waals surface area contributed by atoms with Gasteiger partial charge in [0.2, 0.25) is 5.09 Å². The van der Waals surface area contributed by atoms with E-state index in [4.69, 9.17) is 4.42 Å². The number of sulfonamides is 1. The molecule has 1 rings (SSSR count). The van der Waals surface area contributed by atoms with E-state index < -0.39 is 10.0 Å². The van der Waals surface area contributed by atoms with Gasteiger partial charge in [-0.15, -0.1) is 0 Å². The van der Waals surface area contributed by atoms with Gasteiger partial charge in [0.15, 0.2) is 12.0 Å². The number of hydrogen-bond acceptors (Lipinski definition) is 4. The SMILES string of the molecule is C=C(Br)CNS(=O)(=O)c1ccc(C=O)o1. The van der Waals surface area contributed by atoms with Crippen LogP contribution in [-0.4, -0.2) is 21.2 Å². The van der Waals surface area contributed by atoms with Crippen molar-refractivity contribution in [1.82, 2.24) is 4.72 Å². The van der Waals surface area contributed by atoms with Crippen molar-refractivity contribution in [2.45, 2.75) is 5.09 Å². The fraction of sp³-hybridized carbons (Fsp3) is 0.125. The van der Waals surface area contributed by atoms with Gasteiger partial charge in [0.1, 0.15) is 0 Å². The van der Waals surface area contributed by atoms with E-state index in [1.54, 1.807) is 0 Å². The molecule has 1 aromatic rings. The van der Waals surface area contributed by atoms with Crippen LogP contribution in [-0.2, 0) is 10.0 Å². The predicted octanol–water partition coefficient (Wildman–Crippen LogP) is 1.28. The van der Waals surface area contributed by atoms with Crippen LogP contribution in [0, 0.1) is 0 Å². The first-order valence-corrected chi connectivity index (χ1v) is 6.11. The molecular formula is C8H8BrNO4S. The molecule has 0 amide bonds. The van der Waals surface area contributed by atoms with Crippen molar-refractivity contribution in [2.24, 2.45) is 0 Å². The van der Waals surface area contributed by atoms with Gasteiger partial charge in [-0.05, 0) is 12.1 Å². The molecular weight excluding hydrogens is 286 g/mol. The predicted molar refractivity (Wildman–Crippen MR) is 57.4 cm³/mol. The molecule has 5 nitrogen and oxygen atoms in total. The van der Waals surface area contributed by atoms with Crippen LogP contribution in [0.4, 0.5) is 0 Å². The third-order valence-corrected chi connectivity index (χ3v) is 2.99. The first kappa shape index (κ1) is 12.2. The molecule has 0 fully saturated rings. The van der Waals surface area contributed by atoms with Gasteiger partial charge in [-0.2, -0.15) is 0 Å². The average molecular weight is 294 g/mol. The van der Waals surface area contributed by atoms with Crippen LogP contribution in [0.3, 0.4) is 0 Å². The van der Waals surface area contributed by atoms with E-state index in [9.17, 15) is 13.2 Å². The van der Waals surface area contributed by atoms with Crippen molar-refractivity contribution in [3.05, 3.63) is 29.0 Å². The van der Waals surface area contributed by atoms with E-state index in [1.165, 1.54) is 12.1 Å². The standard InChI is InChI=1S/C8H8BrNO4S/c1-6(9)4-10-15(12,13)8-3-2-7(5-11)14-8/h2-3,5,10H,1,4H2. The Labute approximate surface area is 95.3 Å². The zero-order valence-electron chi connectivity index (χ0n) is 7.57. The van der Waals surface area contributed by atoms with E-state index in [0.29, 0.717) is 10.8 Å². The van der Waals surface area contributed by atoms with Gasteiger partial charge in [-0.25, -0.2) is 13.1 Å². The summed E-state index contributed by atoms with van der Waals surface area (Å²) in [6, 6.07) is 2.49. The van der Waals surface area contributed by atoms with E-state index in [0.717, 1.165) is 0 Å². The smallest absolute Gasteiger partial charge is 0.274 e. The second kappa shape index (κ2) is 4.73. The monoisotopic (exact) mass is 293 g/mol. The first-order valence-electron chi connectivity index (χ1n) is 3.83. The average Bonchev–Trinajstić information content (AvgIpc) is 2.63. The summed E-state index contributed by atoms with van der Waals surface area (Å²) in [5, 5.41) is -0.293. The number of nitrogens with one attached hydrogen (secondary N) is 1. The van der Waals surface area contributed by atoms with Crippen molar-refractivity contribution in [3.63, 3.8) is 0 Å². The number of hydrogen-bond donors (Lipinski definition) is 1. The molecule has 1 aromatic heterocycles. The molecule has 1 N–H and O–H groups in total. The molecule has 0 spiro atoms. The summed E-state index contributed by atoms with van der Waals surface area (Å²) in [6.45, 7) is 3.53. The van der Waals surface area contributed by atoms with Crippen molar-refractivity contribution in [2.75, 3.05) is 6.54 Å². The Bertz CT molecular complexity index is 477. The molecule has 0 aromatic carbocycles. The molecule has 0 atom stereocenters. The molecule has 0 aliphatic rings. The summed E-state index contributed by atoms with van der Waals surface area (Å²) >= 11 is 3.01. The van der Waals surface area contributed by atoms with Gasteiger partial charge >= 0.3 is 0 Å². The van der Waals surface area contributed by atoms with Crippen LogP contribution in [0.2, 0.25) is 0 Å². The number of furan rings is 1. The van der Waals surface area contributed by atoms with Gasteiger partial charge in [-0.1, -0.05) is 22.5 Å². The van der Waals surface area contributed by atoms with Gasteiger partial charge in [0.05, 0.1) is 0 Å². The quantitative estimate of drug-likeness (QED) is 0.830. The van der Waals surface area contributed by atoms with E-state index in [2.05, 4.69) is 27.2 Å². The van der Waals surface area contributed by atoms with Gasteiger partial charge < -0.3 is 4.42 Å². The second-order valence-corrected chi connectivity index (χ2v) is 5.44. The van der Waals surface area contributed by atoms with Crippen molar-refractivity contribution < 1.29 is 17.6 Å². The minimum absolute atomic E-state index is 0.0342. The molecule has 0 saturated carbocycles. The van der Waals surface area contributed by atoms with Gasteiger partial charge in [0, 0.05) is 11.0 Å². The van der Waals surface area contributed by atoms with Crippen LogP contribution in [0.1, 0.15) is 10.6 Å². The zero-order chi connectivity index (χ0) is 11.5. The maximum atomic E-state index is 11.5. The molecule has 15 heavy (non-hydrogen) atoms. The van der Waals surface area contributed by atoms with E-state index in [1.807, 2.05) is 0 Å². The minimum atomic E-state index is -3.71. The molecule has 7 heteroatoms. The highest BCUT2D eigenvalue weighted by atomic mass is 79.9. The normalized spacial score (nSPS) is 11.3. The highest BCUT2D eigenvalue weighted by molar-refractivity contribution is 9.11. The van der Waals surface area contributed by atoms with Crippen molar-refractivity contribution >= 4 is 32.2 Å². The molecule has 0 aliphatic carbocycles.